The Hall–Kier alpha value is -5.11. The number of unbranched alkanes of at least 4 members (excludes halogenated alkanes) is 3. The van der Waals surface area contributed by atoms with Crippen LogP contribution in [0.5, 0.6) is 17.2 Å². The number of likely N-dealkylation sites (tertiary alicyclic amines) is 1. The van der Waals surface area contributed by atoms with E-state index in [1.54, 1.807) is 7.11 Å². The number of rotatable bonds is 14. The van der Waals surface area contributed by atoms with Crippen molar-refractivity contribution in [3.63, 3.8) is 0 Å². The first-order valence-corrected chi connectivity index (χ1v) is 17.7. The van der Waals surface area contributed by atoms with E-state index in [-0.39, 0.29) is 37.6 Å². The number of amides is 3. The Kier molecular flexibility index (Phi) is 16.1. The van der Waals surface area contributed by atoms with Crippen molar-refractivity contribution in [2.45, 2.75) is 62.5 Å². The first kappa shape index (κ1) is 42.3. The molecule has 3 aromatic carbocycles. The maximum atomic E-state index is 11.9. The zero-order valence-corrected chi connectivity index (χ0v) is 31.0. The summed E-state index contributed by atoms with van der Waals surface area (Å²) in [5.74, 6) is 1.84. The van der Waals surface area contributed by atoms with Gasteiger partial charge in [-0.3, -0.25) is 14.4 Å². The molecule has 1 aromatic heterocycles. The molecule has 2 fully saturated rings. The smallest absolute Gasteiger partial charge is 0.240 e. The van der Waals surface area contributed by atoms with Crippen molar-refractivity contribution < 1.29 is 42.4 Å². The highest BCUT2D eigenvalue weighted by atomic mass is 32.1. The Balaban J connectivity index is 0.000000541. The van der Waals surface area contributed by atoms with Crippen molar-refractivity contribution in [2.75, 3.05) is 20.3 Å². The quantitative estimate of drug-likeness (QED) is 0.0890. The molecule has 2 aliphatic rings. The lowest BCUT2D eigenvalue weighted by Crippen LogP contribution is -2.42. The van der Waals surface area contributed by atoms with Gasteiger partial charge in [0.05, 0.1) is 31.5 Å². The molecule has 6 rings (SSSR count). The molecular weight excluding hydrogens is 697 g/mol. The highest BCUT2D eigenvalue weighted by Crippen LogP contribution is 2.39. The van der Waals surface area contributed by atoms with Gasteiger partial charge in [-0.2, -0.15) is 0 Å². The first-order chi connectivity index (χ1) is 24.6. The maximum Gasteiger partial charge on any atom is 0.240 e. The van der Waals surface area contributed by atoms with E-state index in [2.05, 4.69) is 24.8 Å². The van der Waals surface area contributed by atoms with Gasteiger partial charge in [0.15, 0.2) is 0 Å². The van der Waals surface area contributed by atoms with Gasteiger partial charge in [-0.15, -0.1) is 12.6 Å². The van der Waals surface area contributed by atoms with Crippen LogP contribution >= 0.6 is 12.6 Å². The standard InChI is InChI=1S/C23H23N3O4.C17H23NO2S.2H2O.2H2/c1-14(27)26-13-17(11-21(26)23(24)28)30-22-12-19(15-6-4-3-5-7-15)25-20-10-16(29-2)8-9-18(20)22;18-17(19)16-11-13(16)7-4-2-1-3-5-10-20-14-8-6-9-15(21)12-14;;;;/h3-10,12,17,21H,11,13H2,1-2H3,(H2,24,28);4,6-9,12-13,16,21H,1-3,5,10-11H2,(H2,18,19);2*1H2;2*1H/b;7-4-;;;;/t;13-,16+;;;;/m.1..../s1. The second kappa shape index (κ2) is 20.2. The number of aromatic nitrogens is 1. The Labute approximate surface area is 318 Å². The number of allylic oxidation sites excluding steroid dienone is 2. The molecule has 0 spiro atoms. The topological polar surface area (TPSA) is 210 Å². The van der Waals surface area contributed by atoms with Gasteiger partial charge in [-0.05, 0) is 68.4 Å². The lowest BCUT2D eigenvalue weighted by Gasteiger charge is -2.19. The first-order valence-electron chi connectivity index (χ1n) is 17.3. The van der Waals surface area contributed by atoms with Crippen LogP contribution in [0.25, 0.3) is 22.2 Å². The van der Waals surface area contributed by atoms with Crippen LogP contribution in [0.15, 0.2) is 95.9 Å². The summed E-state index contributed by atoms with van der Waals surface area (Å²) in [5, 5.41) is 0.826. The average Bonchev–Trinajstić information content (AvgIpc) is 3.78. The normalized spacial score (nSPS) is 18.6. The summed E-state index contributed by atoms with van der Waals surface area (Å²) < 4.78 is 17.3. The van der Waals surface area contributed by atoms with E-state index < -0.39 is 11.9 Å². The van der Waals surface area contributed by atoms with Crippen molar-refractivity contribution in [1.29, 1.82) is 0 Å². The lowest BCUT2D eigenvalue weighted by atomic mass is 10.1. The van der Waals surface area contributed by atoms with Crippen LogP contribution in [0.2, 0.25) is 0 Å². The summed E-state index contributed by atoms with van der Waals surface area (Å²) in [6.07, 6.45) is 9.69. The molecule has 13 heteroatoms. The lowest BCUT2D eigenvalue weighted by molar-refractivity contribution is -0.135. The van der Waals surface area contributed by atoms with Gasteiger partial charge < -0.3 is 41.5 Å². The van der Waals surface area contributed by atoms with Crippen LogP contribution in [0.1, 0.15) is 48.3 Å². The van der Waals surface area contributed by atoms with Crippen LogP contribution in [-0.4, -0.2) is 71.0 Å². The Morgan fingerprint density at radius 3 is 2.34 bits per heavy atom. The van der Waals surface area contributed by atoms with Gasteiger partial charge in [-0.1, -0.05) is 48.6 Å². The molecule has 53 heavy (non-hydrogen) atoms. The summed E-state index contributed by atoms with van der Waals surface area (Å²) in [5.41, 5.74) is 13.2. The molecule has 2 unspecified atom stereocenters. The molecule has 3 amide bonds. The molecule has 1 saturated carbocycles. The van der Waals surface area contributed by atoms with E-state index in [0.717, 1.165) is 71.5 Å². The summed E-state index contributed by atoms with van der Waals surface area (Å²) in [4.78, 5) is 41.8. The summed E-state index contributed by atoms with van der Waals surface area (Å²) >= 11 is 4.28. The SMILES string of the molecule is COc1ccc2c(OC3CC(C(N)=O)N(C(C)=O)C3)cc(-c3ccccc3)nc2c1.NC(=O)[C@H]1C[C@H]1/C=C\CCCCCOc1cccc(S)c1.O.O.[HH].[HH]. The van der Waals surface area contributed by atoms with Gasteiger partial charge in [0.1, 0.15) is 29.4 Å². The van der Waals surface area contributed by atoms with E-state index in [1.807, 2.05) is 78.9 Å². The molecule has 0 radical (unpaired) electrons. The Morgan fingerprint density at radius 1 is 0.925 bits per heavy atom. The number of ether oxygens (including phenoxy) is 3. The molecule has 12 nitrogen and oxygen atoms in total. The van der Waals surface area contributed by atoms with Gasteiger partial charge >= 0.3 is 0 Å². The fraction of sp³-hybridized carbons (Fsp3) is 0.350. The largest absolute Gasteiger partial charge is 0.497 e. The predicted octanol–water partition coefficient (Wildman–Crippen LogP) is 5.20. The monoisotopic (exact) mass is 750 g/mol. The molecule has 0 bridgehead atoms. The minimum Gasteiger partial charge on any atom is -0.497 e. The third-order valence-electron chi connectivity index (χ3n) is 9.03. The van der Waals surface area contributed by atoms with E-state index in [1.165, 1.54) is 11.8 Å². The number of methoxy groups -OCH3 is 1. The van der Waals surface area contributed by atoms with Crippen molar-refractivity contribution in [2.24, 2.45) is 23.3 Å². The zero-order chi connectivity index (χ0) is 36.3. The highest BCUT2D eigenvalue weighted by Gasteiger charge is 2.39. The molecular formula is C40H54N4O8S. The van der Waals surface area contributed by atoms with E-state index in [9.17, 15) is 14.4 Å². The number of fused-ring (bicyclic) bond motifs is 1. The highest BCUT2D eigenvalue weighted by molar-refractivity contribution is 7.80. The van der Waals surface area contributed by atoms with Crippen LogP contribution in [-0.2, 0) is 14.4 Å². The summed E-state index contributed by atoms with van der Waals surface area (Å²) in [7, 11) is 1.61. The number of primary amides is 2. The number of hydrogen-bond donors (Lipinski definition) is 3. The number of carbonyl (C=O) groups is 3. The fourth-order valence-electron chi connectivity index (χ4n) is 6.17. The molecule has 4 atom stereocenters. The number of benzene rings is 3. The molecule has 1 saturated heterocycles. The number of carbonyl (C=O) groups excluding carboxylic acids is 3. The average molecular weight is 751 g/mol. The second-order valence-electron chi connectivity index (χ2n) is 12.9. The van der Waals surface area contributed by atoms with Gasteiger partial charge in [0.25, 0.3) is 0 Å². The summed E-state index contributed by atoms with van der Waals surface area (Å²) in [6, 6.07) is 24.4. The third-order valence-corrected chi connectivity index (χ3v) is 9.31. The van der Waals surface area contributed by atoms with Gasteiger partial charge in [0, 0.05) is 50.1 Å². The fourth-order valence-corrected chi connectivity index (χ4v) is 6.38. The number of hydrogen-bond acceptors (Lipinski definition) is 8. The van der Waals surface area contributed by atoms with Crippen molar-refractivity contribution in [3.8, 4) is 28.5 Å². The van der Waals surface area contributed by atoms with Crippen molar-refractivity contribution in [3.05, 3.63) is 91.0 Å². The van der Waals surface area contributed by atoms with E-state index >= 15 is 0 Å². The van der Waals surface area contributed by atoms with E-state index in [4.69, 9.17) is 30.7 Å². The van der Waals surface area contributed by atoms with Gasteiger partial charge in [-0.25, -0.2) is 4.98 Å². The molecule has 8 N–H and O–H groups in total. The van der Waals surface area contributed by atoms with E-state index in [0.29, 0.717) is 30.4 Å². The summed E-state index contributed by atoms with van der Waals surface area (Å²) in [6.45, 7) is 2.48. The molecule has 4 aromatic rings. The Morgan fingerprint density at radius 2 is 1.70 bits per heavy atom. The maximum absolute atomic E-state index is 11.9. The van der Waals surface area contributed by atoms with Crippen LogP contribution in [0.3, 0.4) is 0 Å². The van der Waals surface area contributed by atoms with Crippen molar-refractivity contribution >= 4 is 41.3 Å². The second-order valence-corrected chi connectivity index (χ2v) is 13.4. The molecule has 1 aliphatic heterocycles. The van der Waals surface area contributed by atoms with Crippen LogP contribution in [0, 0.1) is 11.8 Å². The Bertz CT molecular complexity index is 1850. The zero-order valence-electron chi connectivity index (χ0n) is 30.1. The number of pyridine rings is 1. The minimum absolute atomic E-state index is 0. The number of thiol groups is 1. The van der Waals surface area contributed by atoms with Gasteiger partial charge in [0.2, 0.25) is 17.7 Å². The molecule has 1 aliphatic carbocycles. The van der Waals surface area contributed by atoms with Crippen molar-refractivity contribution in [1.82, 2.24) is 9.88 Å². The third kappa shape index (κ3) is 12.0. The number of nitrogens with two attached hydrogens (primary N) is 2. The van der Waals surface area contributed by atoms with Crippen LogP contribution in [0.4, 0.5) is 0 Å². The predicted molar refractivity (Wildman–Crippen MR) is 212 cm³/mol. The molecule has 288 valence electrons. The number of nitrogens with zero attached hydrogens (tertiary/aromatic N) is 2. The minimum atomic E-state index is -0.658. The molecule has 2 heterocycles. The van der Waals surface area contributed by atoms with Crippen LogP contribution < -0.4 is 25.7 Å².